The number of fused-ring (bicyclic) bond motifs is 17. The van der Waals surface area contributed by atoms with Crippen LogP contribution in [-0.2, 0) is 30.3 Å². The number of hydrogen-bond acceptors (Lipinski definition) is 12. The summed E-state index contributed by atoms with van der Waals surface area (Å²) in [5.74, 6) is -1.48. The Balaban J connectivity index is 1.50. The lowest BCUT2D eigenvalue weighted by atomic mass is 9.78. The number of carbonyl (C=O) groups is 4. The van der Waals surface area contributed by atoms with Crippen molar-refractivity contribution in [2.75, 3.05) is 25.1 Å². The van der Waals surface area contributed by atoms with Crippen LogP contribution in [0.3, 0.4) is 0 Å². The molecular weight excluding hydrogens is 702 g/mol. The van der Waals surface area contributed by atoms with Crippen LogP contribution in [0.5, 0.6) is 17.2 Å². The van der Waals surface area contributed by atoms with Gasteiger partial charge in [-0.15, -0.1) is 0 Å². The molecule has 15 nitrogen and oxygen atoms in total. The van der Waals surface area contributed by atoms with Crippen molar-refractivity contribution in [3.63, 3.8) is 0 Å². The number of phenols is 1. The Morgan fingerprint density at radius 1 is 0.944 bits per heavy atom. The third-order valence-corrected chi connectivity index (χ3v) is 9.10. The predicted molar refractivity (Wildman–Crippen MR) is 197 cm³/mol. The highest BCUT2D eigenvalue weighted by atomic mass is 16.6. The molecule has 54 heavy (non-hydrogen) atoms. The van der Waals surface area contributed by atoms with Crippen LogP contribution in [0.25, 0.3) is 0 Å². The highest BCUT2D eigenvalue weighted by molar-refractivity contribution is 5.98. The second-order valence-electron chi connectivity index (χ2n) is 14.9. The molecule has 0 aromatic heterocycles. The molecule has 1 fully saturated rings. The molecule has 3 amide bonds. The monoisotopic (exact) mass is 757 g/mol. The standard InChI is InChI=1S/C39H55N3O12/c1-38(2,3)54-37(49)40-19-9-10-28-35(47)41-26-13-15-27(16-14-26)51-20-7-5-4-6-8-21-52-31-22-25(11-17-29(31)43)12-18-33(45)53-32-24-39(50,36(48)42-28)23-30(44)34(32)46/h11,13-17,22,28,30,32,34,43-44,46,50H,4-10,12,18-21,23-24H2,1-3H3,(H,40,49)(H,41,47)(H,42,48). The molecule has 298 valence electrons. The number of amides is 3. The summed E-state index contributed by atoms with van der Waals surface area (Å²) in [5.41, 5.74) is -1.91. The fraction of sp³-hybridized carbons (Fsp3) is 0.590. The molecule has 2 heterocycles. The molecule has 1 aliphatic carbocycles. The van der Waals surface area contributed by atoms with Crippen LogP contribution in [0.1, 0.15) is 90.5 Å². The molecule has 6 bridgehead atoms. The van der Waals surface area contributed by atoms with Crippen molar-refractivity contribution in [2.24, 2.45) is 0 Å². The topological polar surface area (TPSA) is 222 Å². The first-order chi connectivity index (χ1) is 25.6. The third-order valence-electron chi connectivity index (χ3n) is 9.10. The number of phenolic OH excluding ortho intramolecular Hbond substituents is 1. The number of ether oxygens (including phenoxy) is 4. The first kappa shape index (κ1) is 42.1. The Morgan fingerprint density at radius 3 is 2.33 bits per heavy atom. The van der Waals surface area contributed by atoms with Gasteiger partial charge in [-0.25, -0.2) is 4.79 Å². The van der Waals surface area contributed by atoms with Gasteiger partial charge in [0.05, 0.1) is 19.3 Å². The van der Waals surface area contributed by atoms with Crippen molar-refractivity contribution < 1.29 is 58.6 Å². The summed E-state index contributed by atoms with van der Waals surface area (Å²) in [6.07, 6.45) is -1.59. The molecule has 5 rings (SSSR count). The maximum atomic E-state index is 13.7. The maximum absolute atomic E-state index is 13.7. The van der Waals surface area contributed by atoms with Gasteiger partial charge in [0.15, 0.2) is 11.5 Å². The first-order valence-corrected chi connectivity index (χ1v) is 18.7. The van der Waals surface area contributed by atoms with E-state index in [1.807, 2.05) is 0 Å². The molecule has 15 heteroatoms. The summed E-state index contributed by atoms with van der Waals surface area (Å²) >= 11 is 0. The maximum Gasteiger partial charge on any atom is 0.407 e. The van der Waals surface area contributed by atoms with E-state index in [0.717, 1.165) is 32.1 Å². The van der Waals surface area contributed by atoms with E-state index in [1.165, 1.54) is 6.07 Å². The number of aromatic hydroxyl groups is 1. The first-order valence-electron chi connectivity index (χ1n) is 18.7. The zero-order valence-electron chi connectivity index (χ0n) is 31.3. The molecule has 3 aliphatic rings. The van der Waals surface area contributed by atoms with E-state index in [1.54, 1.807) is 57.2 Å². The van der Waals surface area contributed by atoms with Gasteiger partial charge >= 0.3 is 12.1 Å². The lowest BCUT2D eigenvalue weighted by molar-refractivity contribution is -0.190. The number of aryl methyl sites for hydroxylation is 1. The molecule has 2 aliphatic heterocycles. The average molecular weight is 758 g/mol. The van der Waals surface area contributed by atoms with Crippen LogP contribution in [0.2, 0.25) is 0 Å². The Kier molecular flexibility index (Phi) is 15.3. The fourth-order valence-electron chi connectivity index (χ4n) is 6.19. The molecular formula is C39H55N3O12. The average Bonchev–Trinajstić information content (AvgIpc) is 3.10. The van der Waals surface area contributed by atoms with Gasteiger partial charge in [-0.05, 0) is 94.8 Å². The zero-order chi connectivity index (χ0) is 39.3. The molecule has 5 atom stereocenters. The number of esters is 1. The summed E-state index contributed by atoms with van der Waals surface area (Å²) in [4.78, 5) is 52.3. The van der Waals surface area contributed by atoms with Gasteiger partial charge < -0.3 is 55.3 Å². The van der Waals surface area contributed by atoms with Crippen LogP contribution in [-0.4, -0.2) is 99.6 Å². The quantitative estimate of drug-likeness (QED) is 0.176. The largest absolute Gasteiger partial charge is 0.504 e. The summed E-state index contributed by atoms with van der Waals surface area (Å²) < 4.78 is 22.4. The third kappa shape index (κ3) is 13.4. The number of anilines is 1. The van der Waals surface area contributed by atoms with Crippen molar-refractivity contribution in [3.05, 3.63) is 48.0 Å². The number of nitrogens with one attached hydrogen (secondary N) is 3. The molecule has 5 unspecified atom stereocenters. The van der Waals surface area contributed by atoms with E-state index in [2.05, 4.69) is 16.0 Å². The number of aliphatic hydroxyl groups is 3. The smallest absolute Gasteiger partial charge is 0.407 e. The minimum Gasteiger partial charge on any atom is -0.504 e. The number of aliphatic hydroxyl groups excluding tert-OH is 2. The second-order valence-corrected chi connectivity index (χ2v) is 14.9. The van der Waals surface area contributed by atoms with Gasteiger partial charge in [0.1, 0.15) is 35.2 Å². The lowest BCUT2D eigenvalue weighted by Crippen LogP contribution is -2.61. The number of carbonyl (C=O) groups excluding carboxylic acids is 4. The Morgan fingerprint density at radius 2 is 1.63 bits per heavy atom. The summed E-state index contributed by atoms with van der Waals surface area (Å²) in [5, 5.41) is 51.1. The molecule has 7 N–H and O–H groups in total. The van der Waals surface area contributed by atoms with Crippen molar-refractivity contribution in [1.29, 1.82) is 0 Å². The molecule has 1 saturated carbocycles. The highest BCUT2D eigenvalue weighted by Crippen LogP contribution is 2.33. The van der Waals surface area contributed by atoms with E-state index in [4.69, 9.17) is 18.9 Å². The Bertz CT molecular complexity index is 1560. The van der Waals surface area contributed by atoms with Gasteiger partial charge in [0, 0.05) is 31.5 Å². The predicted octanol–water partition coefficient (Wildman–Crippen LogP) is 3.63. The number of rotatable bonds is 4. The summed E-state index contributed by atoms with van der Waals surface area (Å²) in [6, 6.07) is 10.3. The van der Waals surface area contributed by atoms with E-state index >= 15 is 0 Å². The summed E-state index contributed by atoms with van der Waals surface area (Å²) in [6.45, 7) is 6.21. The van der Waals surface area contributed by atoms with E-state index < -0.39 is 72.3 Å². The van der Waals surface area contributed by atoms with E-state index in [9.17, 15) is 39.6 Å². The Labute approximate surface area is 315 Å². The minimum absolute atomic E-state index is 0.0276. The van der Waals surface area contributed by atoms with Crippen molar-refractivity contribution in [1.82, 2.24) is 10.6 Å². The van der Waals surface area contributed by atoms with Crippen molar-refractivity contribution in [3.8, 4) is 17.2 Å². The molecule has 0 spiro atoms. The van der Waals surface area contributed by atoms with Crippen LogP contribution in [0.15, 0.2) is 42.5 Å². The van der Waals surface area contributed by atoms with Gasteiger partial charge in [0.25, 0.3) is 5.91 Å². The van der Waals surface area contributed by atoms with Crippen LogP contribution in [0, 0.1) is 0 Å². The van der Waals surface area contributed by atoms with Crippen LogP contribution < -0.4 is 25.4 Å². The van der Waals surface area contributed by atoms with Gasteiger partial charge in [0.2, 0.25) is 5.91 Å². The normalized spacial score (nSPS) is 25.3. The van der Waals surface area contributed by atoms with Crippen molar-refractivity contribution in [2.45, 2.75) is 127 Å². The van der Waals surface area contributed by atoms with Crippen LogP contribution in [0.4, 0.5) is 10.5 Å². The van der Waals surface area contributed by atoms with E-state index in [0.29, 0.717) is 36.0 Å². The van der Waals surface area contributed by atoms with Crippen LogP contribution >= 0.6 is 0 Å². The van der Waals surface area contributed by atoms with Gasteiger partial charge in [-0.1, -0.05) is 25.3 Å². The number of alkyl carbamates (subject to hydrolysis) is 1. The minimum atomic E-state index is -2.32. The second kappa shape index (κ2) is 19.6. The number of hydrogen-bond donors (Lipinski definition) is 7. The van der Waals surface area contributed by atoms with Gasteiger partial charge in [-0.2, -0.15) is 0 Å². The van der Waals surface area contributed by atoms with E-state index in [-0.39, 0.29) is 38.0 Å². The zero-order valence-corrected chi connectivity index (χ0v) is 31.3. The molecule has 0 saturated heterocycles. The molecule has 2 aromatic rings. The number of benzene rings is 2. The van der Waals surface area contributed by atoms with Crippen molar-refractivity contribution >= 4 is 29.6 Å². The highest BCUT2D eigenvalue weighted by Gasteiger charge is 2.50. The van der Waals surface area contributed by atoms with Gasteiger partial charge in [-0.3, -0.25) is 14.4 Å². The Hall–Kier alpha value is -4.60. The fourth-order valence-corrected chi connectivity index (χ4v) is 6.19. The SMILES string of the molecule is CC(C)(C)OC(=O)NCCCC1NC(=O)C2(O)CC(O)C(O)C(C2)OC(=O)CCc2ccc(O)c(c2)OCCCCCCCOc2ccc(cc2)NC1=O. The lowest BCUT2D eigenvalue weighted by Gasteiger charge is -2.41. The summed E-state index contributed by atoms with van der Waals surface area (Å²) in [7, 11) is 0. The molecule has 0 radical (unpaired) electrons. The molecule has 2 aromatic carbocycles.